The van der Waals surface area contributed by atoms with Gasteiger partial charge in [0.2, 0.25) is 10.0 Å². The minimum absolute atomic E-state index is 0.0604. The standard InChI is InChI=1S/C16H17F2NO4S/c1-22-15-5-3-4-11(16(15)23-2)8-9-19-24(20,21)12-6-7-13(17)14(18)10-12/h3-7,10,19H,8-9H2,1-2H3. The van der Waals surface area contributed by atoms with E-state index in [4.69, 9.17) is 9.47 Å². The molecule has 1 N–H and O–H groups in total. The van der Waals surface area contributed by atoms with Crippen LogP contribution in [0.1, 0.15) is 5.56 Å². The summed E-state index contributed by atoms with van der Waals surface area (Å²) >= 11 is 0. The molecule has 2 aromatic carbocycles. The van der Waals surface area contributed by atoms with Gasteiger partial charge in [0.15, 0.2) is 23.1 Å². The van der Waals surface area contributed by atoms with Crippen molar-refractivity contribution in [3.8, 4) is 11.5 Å². The van der Waals surface area contributed by atoms with Crippen molar-refractivity contribution in [1.82, 2.24) is 4.72 Å². The molecule has 0 aromatic heterocycles. The summed E-state index contributed by atoms with van der Waals surface area (Å²) in [6.07, 6.45) is 0.337. The summed E-state index contributed by atoms with van der Waals surface area (Å²) in [4.78, 5) is -0.334. The van der Waals surface area contributed by atoms with Crippen LogP contribution in [-0.4, -0.2) is 29.2 Å². The molecule has 0 aliphatic heterocycles. The van der Waals surface area contributed by atoms with Crippen LogP contribution in [0.2, 0.25) is 0 Å². The Labute approximate surface area is 139 Å². The van der Waals surface area contributed by atoms with E-state index < -0.39 is 21.7 Å². The zero-order valence-corrected chi connectivity index (χ0v) is 14.0. The molecular formula is C16H17F2NO4S. The van der Waals surface area contributed by atoms with Crippen molar-refractivity contribution < 1.29 is 26.7 Å². The number of para-hydroxylation sites is 1. The Morgan fingerprint density at radius 1 is 1.04 bits per heavy atom. The van der Waals surface area contributed by atoms with Gasteiger partial charge in [0.05, 0.1) is 19.1 Å². The maximum Gasteiger partial charge on any atom is 0.240 e. The Hall–Kier alpha value is -2.19. The molecule has 0 radical (unpaired) electrons. The highest BCUT2D eigenvalue weighted by atomic mass is 32.2. The molecule has 5 nitrogen and oxygen atoms in total. The molecule has 24 heavy (non-hydrogen) atoms. The van der Waals surface area contributed by atoms with E-state index in [0.717, 1.165) is 17.7 Å². The molecule has 2 rings (SSSR count). The molecule has 0 aliphatic rings. The van der Waals surface area contributed by atoms with E-state index in [1.807, 2.05) is 0 Å². The van der Waals surface area contributed by atoms with Crippen LogP contribution in [-0.2, 0) is 16.4 Å². The summed E-state index contributed by atoms with van der Waals surface area (Å²) in [6, 6.07) is 7.70. The molecule has 0 bridgehead atoms. The lowest BCUT2D eigenvalue weighted by molar-refractivity contribution is 0.351. The molecule has 0 heterocycles. The Morgan fingerprint density at radius 2 is 1.79 bits per heavy atom. The van der Waals surface area contributed by atoms with Crippen molar-refractivity contribution in [2.75, 3.05) is 20.8 Å². The number of ether oxygens (including phenoxy) is 2. The van der Waals surface area contributed by atoms with E-state index in [1.165, 1.54) is 14.2 Å². The van der Waals surface area contributed by atoms with Crippen LogP contribution in [0.15, 0.2) is 41.3 Å². The minimum atomic E-state index is -3.93. The number of hydrogen-bond acceptors (Lipinski definition) is 4. The summed E-state index contributed by atoms with van der Waals surface area (Å²) in [5.41, 5.74) is 0.754. The lowest BCUT2D eigenvalue weighted by Crippen LogP contribution is -2.26. The summed E-state index contributed by atoms with van der Waals surface area (Å²) in [5.74, 6) is -1.26. The summed E-state index contributed by atoms with van der Waals surface area (Å²) < 4.78 is 63.1. The van der Waals surface area contributed by atoms with Gasteiger partial charge in [0, 0.05) is 6.54 Å². The third-order valence-corrected chi connectivity index (χ3v) is 4.83. The van der Waals surface area contributed by atoms with Gasteiger partial charge >= 0.3 is 0 Å². The van der Waals surface area contributed by atoms with Gasteiger partial charge in [-0.2, -0.15) is 0 Å². The highest BCUT2D eigenvalue weighted by Gasteiger charge is 2.17. The lowest BCUT2D eigenvalue weighted by Gasteiger charge is -2.13. The molecule has 0 unspecified atom stereocenters. The van der Waals surface area contributed by atoms with Crippen LogP contribution >= 0.6 is 0 Å². The van der Waals surface area contributed by atoms with Crippen molar-refractivity contribution >= 4 is 10.0 Å². The van der Waals surface area contributed by atoms with Crippen molar-refractivity contribution in [1.29, 1.82) is 0 Å². The monoisotopic (exact) mass is 357 g/mol. The second kappa shape index (κ2) is 7.59. The van der Waals surface area contributed by atoms with E-state index in [0.29, 0.717) is 24.0 Å². The van der Waals surface area contributed by atoms with Crippen LogP contribution < -0.4 is 14.2 Å². The predicted molar refractivity (Wildman–Crippen MR) is 84.8 cm³/mol. The van der Waals surface area contributed by atoms with Gasteiger partial charge in [-0.1, -0.05) is 12.1 Å². The van der Waals surface area contributed by atoms with Gasteiger partial charge < -0.3 is 9.47 Å². The Bertz CT molecular complexity index is 825. The first-order valence-corrected chi connectivity index (χ1v) is 8.52. The molecule has 0 amide bonds. The largest absolute Gasteiger partial charge is 0.493 e. The highest BCUT2D eigenvalue weighted by Crippen LogP contribution is 2.30. The van der Waals surface area contributed by atoms with Crippen LogP contribution in [0.3, 0.4) is 0 Å². The highest BCUT2D eigenvalue weighted by molar-refractivity contribution is 7.89. The van der Waals surface area contributed by atoms with Gasteiger partial charge in [-0.25, -0.2) is 21.9 Å². The maximum atomic E-state index is 13.2. The van der Waals surface area contributed by atoms with Crippen LogP contribution in [0, 0.1) is 11.6 Å². The number of methoxy groups -OCH3 is 2. The van der Waals surface area contributed by atoms with Gasteiger partial charge in [-0.15, -0.1) is 0 Å². The molecule has 2 aromatic rings. The third-order valence-electron chi connectivity index (χ3n) is 3.37. The third kappa shape index (κ3) is 4.01. The lowest BCUT2D eigenvalue weighted by atomic mass is 10.1. The van der Waals surface area contributed by atoms with Gasteiger partial charge in [0.25, 0.3) is 0 Å². The summed E-state index contributed by atoms with van der Waals surface area (Å²) in [6.45, 7) is 0.0604. The SMILES string of the molecule is COc1cccc(CCNS(=O)(=O)c2ccc(F)c(F)c2)c1OC. The smallest absolute Gasteiger partial charge is 0.240 e. The molecule has 0 spiro atoms. The van der Waals surface area contributed by atoms with E-state index in [-0.39, 0.29) is 11.4 Å². The fraction of sp³-hybridized carbons (Fsp3) is 0.250. The average Bonchev–Trinajstić information content (AvgIpc) is 2.56. The quantitative estimate of drug-likeness (QED) is 0.827. The maximum absolute atomic E-state index is 13.2. The fourth-order valence-electron chi connectivity index (χ4n) is 2.20. The average molecular weight is 357 g/mol. The molecule has 0 aliphatic carbocycles. The van der Waals surface area contributed by atoms with Crippen molar-refractivity contribution in [2.45, 2.75) is 11.3 Å². The number of nitrogens with one attached hydrogen (secondary N) is 1. The molecule has 0 saturated heterocycles. The summed E-state index contributed by atoms with van der Waals surface area (Å²) in [7, 11) is -0.933. The molecule has 8 heteroatoms. The van der Waals surface area contributed by atoms with Crippen molar-refractivity contribution in [3.63, 3.8) is 0 Å². The minimum Gasteiger partial charge on any atom is -0.493 e. The Kier molecular flexibility index (Phi) is 5.74. The number of benzene rings is 2. The normalized spacial score (nSPS) is 11.3. The number of rotatable bonds is 7. The number of halogens is 2. The van der Waals surface area contributed by atoms with Crippen molar-refractivity contribution in [3.05, 3.63) is 53.6 Å². The van der Waals surface area contributed by atoms with Gasteiger partial charge in [-0.05, 0) is 36.2 Å². The molecule has 0 saturated carbocycles. The second-order valence-corrected chi connectivity index (χ2v) is 6.64. The number of sulfonamides is 1. The zero-order valence-electron chi connectivity index (χ0n) is 13.2. The van der Waals surface area contributed by atoms with Crippen molar-refractivity contribution in [2.24, 2.45) is 0 Å². The van der Waals surface area contributed by atoms with E-state index in [1.54, 1.807) is 18.2 Å². The van der Waals surface area contributed by atoms with Crippen LogP contribution in [0.5, 0.6) is 11.5 Å². The summed E-state index contributed by atoms with van der Waals surface area (Å²) in [5, 5.41) is 0. The molecule has 0 atom stereocenters. The molecular weight excluding hydrogens is 340 g/mol. The first-order valence-electron chi connectivity index (χ1n) is 7.03. The zero-order chi connectivity index (χ0) is 17.7. The van der Waals surface area contributed by atoms with E-state index >= 15 is 0 Å². The first kappa shape index (κ1) is 18.2. The van der Waals surface area contributed by atoms with Crippen LogP contribution in [0.25, 0.3) is 0 Å². The van der Waals surface area contributed by atoms with Crippen LogP contribution in [0.4, 0.5) is 8.78 Å². The second-order valence-electron chi connectivity index (χ2n) is 4.88. The van der Waals surface area contributed by atoms with E-state index in [2.05, 4.69) is 4.72 Å². The molecule has 130 valence electrons. The van der Waals surface area contributed by atoms with Gasteiger partial charge in [-0.3, -0.25) is 0 Å². The molecule has 0 fully saturated rings. The Balaban J connectivity index is 2.10. The predicted octanol–water partition coefficient (Wildman–Crippen LogP) is 2.50. The van der Waals surface area contributed by atoms with E-state index in [9.17, 15) is 17.2 Å². The number of hydrogen-bond donors (Lipinski definition) is 1. The topological polar surface area (TPSA) is 64.6 Å². The fourth-order valence-corrected chi connectivity index (χ4v) is 3.24. The first-order chi connectivity index (χ1) is 11.4. The van der Waals surface area contributed by atoms with Gasteiger partial charge in [0.1, 0.15) is 0 Å². The Morgan fingerprint density at radius 3 is 2.42 bits per heavy atom.